The Hall–Kier alpha value is -2.24. The molecule has 1 aromatic carbocycles. The van der Waals surface area contributed by atoms with Gasteiger partial charge >= 0.3 is 0 Å². The Bertz CT molecular complexity index is 572. The summed E-state index contributed by atoms with van der Waals surface area (Å²) in [4.78, 5) is 15.9. The van der Waals surface area contributed by atoms with Crippen LogP contribution in [-0.2, 0) is 11.2 Å². The topological polar surface area (TPSA) is 88.7 Å². The summed E-state index contributed by atoms with van der Waals surface area (Å²) >= 11 is 0. The lowest BCUT2D eigenvalue weighted by Crippen LogP contribution is -2.45. The minimum Gasteiger partial charge on any atom is -0.484 e. The smallest absolute Gasteiger partial charge is 0.258 e. The normalized spacial score (nSPS) is 15.0. The number of hydrogen-bond acceptors (Lipinski definition) is 3. The van der Waals surface area contributed by atoms with Gasteiger partial charge in [0.15, 0.2) is 12.6 Å². The lowest BCUT2D eigenvalue weighted by molar-refractivity contribution is -0.123. The number of rotatable bonds is 7. The highest BCUT2D eigenvalue weighted by atomic mass is 16.5. The molecule has 6 nitrogen and oxygen atoms in total. The molecule has 0 bridgehead atoms. The van der Waals surface area contributed by atoms with Crippen molar-refractivity contribution in [2.24, 2.45) is 10.7 Å². The zero-order valence-electron chi connectivity index (χ0n) is 14.8. The first-order valence-electron chi connectivity index (χ1n) is 8.41. The van der Waals surface area contributed by atoms with E-state index in [4.69, 9.17) is 10.5 Å². The van der Waals surface area contributed by atoms with Crippen LogP contribution in [0.1, 0.15) is 39.2 Å². The number of hydrogen-bond donors (Lipinski definition) is 3. The third-order valence-corrected chi connectivity index (χ3v) is 3.42. The van der Waals surface area contributed by atoms with Gasteiger partial charge in [0.05, 0.1) is 0 Å². The van der Waals surface area contributed by atoms with E-state index in [2.05, 4.69) is 15.6 Å². The van der Waals surface area contributed by atoms with Crippen molar-refractivity contribution in [3.05, 3.63) is 29.8 Å². The second-order valence-corrected chi connectivity index (χ2v) is 7.17. The molecule has 0 heterocycles. The van der Waals surface area contributed by atoms with E-state index < -0.39 is 0 Å². The van der Waals surface area contributed by atoms with E-state index in [1.54, 1.807) is 0 Å². The fourth-order valence-electron chi connectivity index (χ4n) is 2.13. The average molecular weight is 332 g/mol. The lowest BCUT2D eigenvalue weighted by Gasteiger charge is -2.20. The number of nitrogens with zero attached hydrogens (tertiary/aromatic N) is 1. The molecule has 0 aliphatic heterocycles. The van der Waals surface area contributed by atoms with Gasteiger partial charge in [-0.2, -0.15) is 0 Å². The molecule has 1 aliphatic carbocycles. The summed E-state index contributed by atoms with van der Waals surface area (Å²) in [6.07, 6.45) is 2.96. The van der Waals surface area contributed by atoms with Crippen molar-refractivity contribution in [2.75, 3.05) is 13.2 Å². The van der Waals surface area contributed by atoms with Crippen LogP contribution in [-0.4, -0.2) is 36.6 Å². The first-order chi connectivity index (χ1) is 11.3. The summed E-state index contributed by atoms with van der Waals surface area (Å²) in [5.74, 6) is 1.10. The minimum absolute atomic E-state index is 0.0577. The van der Waals surface area contributed by atoms with Gasteiger partial charge in [0.25, 0.3) is 5.91 Å². The van der Waals surface area contributed by atoms with Gasteiger partial charge in [-0.1, -0.05) is 12.1 Å². The standard InChI is InChI=1S/C18H28N4O2/c1-18(2,3)22-17(19)20-11-10-13-4-8-15(9-5-13)24-12-16(23)21-14-6-7-14/h4-5,8-9,14H,6-7,10-12H2,1-3H3,(H,21,23)(H3,19,20,22). The van der Waals surface area contributed by atoms with E-state index in [1.807, 2.05) is 45.0 Å². The first-order valence-corrected chi connectivity index (χ1v) is 8.41. The molecule has 0 aromatic heterocycles. The summed E-state index contributed by atoms with van der Waals surface area (Å²) in [5, 5.41) is 6.02. The van der Waals surface area contributed by atoms with E-state index in [1.165, 1.54) is 0 Å². The van der Waals surface area contributed by atoms with Gasteiger partial charge in [-0.05, 0) is 57.7 Å². The average Bonchev–Trinajstić information content (AvgIpc) is 3.28. The largest absolute Gasteiger partial charge is 0.484 e. The minimum atomic E-state index is -0.0850. The summed E-state index contributed by atoms with van der Waals surface area (Å²) in [5.41, 5.74) is 6.90. The highest BCUT2D eigenvalue weighted by Crippen LogP contribution is 2.18. The van der Waals surface area contributed by atoms with E-state index in [0.29, 0.717) is 24.3 Å². The van der Waals surface area contributed by atoms with Crippen LogP contribution in [0.2, 0.25) is 0 Å². The molecule has 1 aromatic rings. The van der Waals surface area contributed by atoms with E-state index in [-0.39, 0.29) is 18.1 Å². The number of nitrogens with two attached hydrogens (primary N) is 1. The maximum atomic E-state index is 11.6. The van der Waals surface area contributed by atoms with Gasteiger partial charge in [0, 0.05) is 18.1 Å². The van der Waals surface area contributed by atoms with Crippen molar-refractivity contribution >= 4 is 11.9 Å². The van der Waals surface area contributed by atoms with E-state index in [0.717, 1.165) is 24.8 Å². The zero-order chi connectivity index (χ0) is 17.6. The fraction of sp³-hybridized carbons (Fsp3) is 0.556. The van der Waals surface area contributed by atoms with Crippen molar-refractivity contribution in [3.8, 4) is 5.75 Å². The van der Waals surface area contributed by atoms with Gasteiger partial charge in [-0.3, -0.25) is 9.79 Å². The maximum Gasteiger partial charge on any atom is 0.258 e. The molecule has 24 heavy (non-hydrogen) atoms. The van der Waals surface area contributed by atoms with Crippen LogP contribution in [0.4, 0.5) is 0 Å². The van der Waals surface area contributed by atoms with Crippen LogP contribution < -0.4 is 21.1 Å². The monoisotopic (exact) mass is 332 g/mol. The number of amides is 1. The molecule has 0 radical (unpaired) electrons. The number of ether oxygens (including phenoxy) is 1. The maximum absolute atomic E-state index is 11.6. The van der Waals surface area contributed by atoms with Gasteiger partial charge < -0.3 is 21.1 Å². The molecule has 1 fully saturated rings. The van der Waals surface area contributed by atoms with Crippen LogP contribution in [0.5, 0.6) is 5.75 Å². The molecule has 0 spiro atoms. The van der Waals surface area contributed by atoms with Crippen molar-refractivity contribution in [1.82, 2.24) is 10.6 Å². The van der Waals surface area contributed by atoms with Crippen molar-refractivity contribution in [3.63, 3.8) is 0 Å². The van der Waals surface area contributed by atoms with Gasteiger partial charge in [0.2, 0.25) is 0 Å². The van der Waals surface area contributed by atoms with Crippen molar-refractivity contribution in [2.45, 2.75) is 51.6 Å². The Morgan fingerprint density at radius 3 is 2.54 bits per heavy atom. The number of nitrogens with one attached hydrogen (secondary N) is 2. The van der Waals surface area contributed by atoms with Crippen molar-refractivity contribution < 1.29 is 9.53 Å². The molecule has 132 valence electrons. The number of carbonyl (C=O) groups excluding carboxylic acids is 1. The molecule has 4 N–H and O–H groups in total. The predicted octanol–water partition coefficient (Wildman–Crippen LogP) is 1.59. The zero-order valence-corrected chi connectivity index (χ0v) is 14.8. The lowest BCUT2D eigenvalue weighted by atomic mass is 10.1. The molecule has 2 rings (SSSR count). The predicted molar refractivity (Wildman–Crippen MR) is 96.2 cm³/mol. The third kappa shape index (κ3) is 7.35. The van der Waals surface area contributed by atoms with Crippen LogP contribution in [0.15, 0.2) is 29.3 Å². The Kier molecular flexibility index (Phi) is 6.06. The van der Waals surface area contributed by atoms with Crippen LogP contribution in [0.25, 0.3) is 0 Å². The highest BCUT2D eigenvalue weighted by molar-refractivity contribution is 5.78. The summed E-state index contributed by atoms with van der Waals surface area (Å²) in [6, 6.07) is 8.08. The summed E-state index contributed by atoms with van der Waals surface area (Å²) in [6.45, 7) is 6.81. The van der Waals surface area contributed by atoms with E-state index >= 15 is 0 Å². The molecule has 0 saturated heterocycles. The number of carbonyl (C=O) groups is 1. The Morgan fingerprint density at radius 1 is 1.29 bits per heavy atom. The highest BCUT2D eigenvalue weighted by Gasteiger charge is 2.23. The molecule has 6 heteroatoms. The summed E-state index contributed by atoms with van der Waals surface area (Å²) < 4.78 is 5.48. The molecule has 0 atom stereocenters. The molecule has 1 aliphatic rings. The number of benzene rings is 1. The summed E-state index contributed by atoms with van der Waals surface area (Å²) in [7, 11) is 0. The SMILES string of the molecule is CC(C)(C)NC(N)=NCCc1ccc(OCC(=O)NC2CC2)cc1. The number of guanidine groups is 1. The molecule has 1 saturated carbocycles. The fourth-order valence-corrected chi connectivity index (χ4v) is 2.13. The second-order valence-electron chi connectivity index (χ2n) is 7.17. The molecule has 1 amide bonds. The van der Waals surface area contributed by atoms with Gasteiger partial charge in [0.1, 0.15) is 5.75 Å². The van der Waals surface area contributed by atoms with Crippen molar-refractivity contribution in [1.29, 1.82) is 0 Å². The Labute approximate surface area is 143 Å². The van der Waals surface area contributed by atoms with Crippen LogP contribution in [0, 0.1) is 0 Å². The molecule has 0 unspecified atom stereocenters. The van der Waals surface area contributed by atoms with Crippen LogP contribution in [0.3, 0.4) is 0 Å². The third-order valence-electron chi connectivity index (χ3n) is 3.42. The first kappa shape index (κ1) is 18.1. The van der Waals surface area contributed by atoms with Crippen LogP contribution >= 0.6 is 0 Å². The molecular formula is C18H28N4O2. The van der Waals surface area contributed by atoms with Gasteiger partial charge in [-0.25, -0.2) is 0 Å². The molecular weight excluding hydrogens is 304 g/mol. The second kappa shape index (κ2) is 8.04. The van der Waals surface area contributed by atoms with E-state index in [9.17, 15) is 4.79 Å². The Morgan fingerprint density at radius 2 is 1.96 bits per heavy atom. The Balaban J connectivity index is 1.71. The van der Waals surface area contributed by atoms with Gasteiger partial charge in [-0.15, -0.1) is 0 Å². The quantitative estimate of drug-likeness (QED) is 0.522. The number of aliphatic imine (C=N–C) groups is 1.